The molecule has 1 nitrogen and oxygen atoms in total. The summed E-state index contributed by atoms with van der Waals surface area (Å²) in [6.07, 6.45) is 17.8. The van der Waals surface area contributed by atoms with Crippen LogP contribution in [0.4, 0.5) is 17.1 Å². The summed E-state index contributed by atoms with van der Waals surface area (Å²) in [4.78, 5) is 5.44. The topological polar surface area (TPSA) is 3.24 Å². The number of anilines is 3. The average molecular weight is 902 g/mol. The second-order valence-corrected chi connectivity index (χ2v) is 20.2. The van der Waals surface area contributed by atoms with Gasteiger partial charge in [0.15, 0.2) is 0 Å². The molecule has 13 rings (SSSR count). The molecule has 4 aliphatic carbocycles. The fourth-order valence-electron chi connectivity index (χ4n) is 11.9. The van der Waals surface area contributed by atoms with E-state index in [1.165, 1.54) is 98.9 Å². The molecule has 0 N–H and O–H groups in total. The summed E-state index contributed by atoms with van der Waals surface area (Å²) in [7, 11) is 0. The highest BCUT2D eigenvalue weighted by Gasteiger charge is 2.55. The molecule has 0 saturated heterocycles. The van der Waals surface area contributed by atoms with Crippen molar-refractivity contribution in [1.29, 1.82) is 0 Å². The highest BCUT2D eigenvalue weighted by atomic mass is 32.1. The smallest absolute Gasteiger partial charge is 0.0816 e. The molecule has 69 heavy (non-hydrogen) atoms. The van der Waals surface area contributed by atoms with Gasteiger partial charge < -0.3 is 4.90 Å². The number of nitrogens with zero attached hydrogens (tertiary/aromatic N) is 1. The number of rotatable bonds is 9. The Labute approximate surface area is 410 Å². The van der Waals surface area contributed by atoms with Crippen LogP contribution in [-0.4, -0.2) is 0 Å². The number of fused-ring (bicyclic) bond motifs is 11. The molecule has 2 heteroatoms. The molecule has 3 unspecified atom stereocenters. The molecule has 8 aromatic carbocycles. The van der Waals surface area contributed by atoms with Gasteiger partial charge in [0.1, 0.15) is 0 Å². The Bertz CT molecular complexity index is 3500. The van der Waals surface area contributed by atoms with Gasteiger partial charge in [-0.2, -0.15) is 0 Å². The Morgan fingerprint density at radius 1 is 0.580 bits per heavy atom. The lowest BCUT2D eigenvalue weighted by Gasteiger charge is -2.32. The van der Waals surface area contributed by atoms with Gasteiger partial charge in [0, 0.05) is 38.3 Å². The van der Waals surface area contributed by atoms with E-state index in [2.05, 4.69) is 266 Å². The lowest BCUT2D eigenvalue weighted by atomic mass is 9.71. The molecule has 0 saturated carbocycles. The number of para-hydroxylation sites is 1. The normalized spacial score (nSPS) is 17.7. The minimum absolute atomic E-state index is 0.0336. The molecular weight excluding hydrogens is 851 g/mol. The van der Waals surface area contributed by atoms with Crippen molar-refractivity contribution in [2.24, 2.45) is 5.92 Å². The molecule has 0 amide bonds. The van der Waals surface area contributed by atoms with Crippen molar-refractivity contribution >= 4 is 46.1 Å². The van der Waals surface area contributed by atoms with Crippen LogP contribution in [-0.2, 0) is 11.8 Å². The van der Waals surface area contributed by atoms with Crippen LogP contribution in [0.5, 0.6) is 0 Å². The first-order valence-electron chi connectivity index (χ1n) is 24.6. The van der Waals surface area contributed by atoms with E-state index in [0.717, 1.165) is 30.6 Å². The van der Waals surface area contributed by atoms with E-state index in [0.29, 0.717) is 5.92 Å². The summed E-state index contributed by atoms with van der Waals surface area (Å²) in [5.74, 6) is 0.537. The number of hydrogen-bond donors (Lipinski definition) is 0. The maximum Gasteiger partial charge on any atom is 0.0816 e. The summed E-state index contributed by atoms with van der Waals surface area (Å²) in [5, 5.41) is 0. The van der Waals surface area contributed by atoms with Crippen molar-refractivity contribution in [1.82, 2.24) is 0 Å². The lowest BCUT2D eigenvalue weighted by molar-refractivity contribution is 0.727. The van der Waals surface area contributed by atoms with Crippen molar-refractivity contribution < 1.29 is 0 Å². The standard InChI is InChI=1S/C67H51NS/c1-45-29-40-58-63(43-45)69-66-65(58)64-57(55(51-21-10-4-11-22-51)41-32-46-30-33-49(34-31-46)47-17-6-2-7-18-47)26-16-28-62(64)67(66)60-27-15-14-25-56(60)59-44-54(39-42-61(59)67)68(52-23-12-5-13-24-52)53-37-35-50(36-38-53)48-19-8-3-9-20-48/h2-13,15-24,26-42,44-45,55H,14,25,43H2,1H3/b41-32+. The zero-order valence-electron chi connectivity index (χ0n) is 38.7. The lowest BCUT2D eigenvalue weighted by Crippen LogP contribution is -2.26. The molecule has 0 bridgehead atoms. The first-order valence-corrected chi connectivity index (χ1v) is 25.4. The van der Waals surface area contributed by atoms with E-state index in [1.54, 1.807) is 0 Å². The molecule has 3 atom stereocenters. The third kappa shape index (κ3) is 6.88. The predicted molar refractivity (Wildman–Crippen MR) is 293 cm³/mol. The Hall–Kier alpha value is -7.78. The van der Waals surface area contributed by atoms with Crippen molar-refractivity contribution in [3.8, 4) is 33.4 Å². The van der Waals surface area contributed by atoms with Crippen LogP contribution in [0.3, 0.4) is 0 Å². The fourth-order valence-corrected chi connectivity index (χ4v) is 13.5. The first-order chi connectivity index (χ1) is 34.1. The highest BCUT2D eigenvalue weighted by Crippen LogP contribution is 2.68. The van der Waals surface area contributed by atoms with Crippen LogP contribution < -0.4 is 4.90 Å². The monoisotopic (exact) mass is 901 g/mol. The molecular formula is C67H51NS. The van der Waals surface area contributed by atoms with E-state index in [-0.39, 0.29) is 5.92 Å². The third-order valence-corrected chi connectivity index (χ3v) is 16.4. The molecule has 0 fully saturated rings. The van der Waals surface area contributed by atoms with Gasteiger partial charge in [0.2, 0.25) is 0 Å². The molecule has 330 valence electrons. The minimum Gasteiger partial charge on any atom is -0.310 e. The molecule has 1 heterocycles. The molecule has 0 aliphatic heterocycles. The van der Waals surface area contributed by atoms with Crippen LogP contribution in [0.1, 0.15) is 74.4 Å². The molecule has 0 radical (unpaired) electrons. The van der Waals surface area contributed by atoms with Gasteiger partial charge in [-0.15, -0.1) is 11.3 Å². The molecule has 1 spiro atoms. The van der Waals surface area contributed by atoms with Crippen LogP contribution in [0.2, 0.25) is 0 Å². The Balaban J connectivity index is 0.992. The summed E-state index contributed by atoms with van der Waals surface area (Å²) < 4.78 is 0. The number of thiophene rings is 1. The predicted octanol–water partition coefficient (Wildman–Crippen LogP) is 18.0. The summed E-state index contributed by atoms with van der Waals surface area (Å²) in [6, 6.07) is 76.1. The zero-order valence-corrected chi connectivity index (χ0v) is 39.5. The maximum absolute atomic E-state index is 2.52. The van der Waals surface area contributed by atoms with E-state index in [9.17, 15) is 0 Å². The fraction of sp³-hybridized carbons (Fsp3) is 0.104. The van der Waals surface area contributed by atoms with E-state index < -0.39 is 5.41 Å². The summed E-state index contributed by atoms with van der Waals surface area (Å²) in [6.45, 7) is 2.37. The van der Waals surface area contributed by atoms with E-state index in [4.69, 9.17) is 0 Å². The number of allylic oxidation sites excluding steroid dienone is 6. The zero-order chi connectivity index (χ0) is 45.9. The quantitative estimate of drug-likeness (QED) is 0.140. The van der Waals surface area contributed by atoms with Crippen molar-refractivity contribution in [2.45, 2.75) is 37.5 Å². The van der Waals surface area contributed by atoms with Gasteiger partial charge in [-0.3, -0.25) is 0 Å². The van der Waals surface area contributed by atoms with Gasteiger partial charge in [-0.05, 0) is 139 Å². The van der Waals surface area contributed by atoms with Crippen molar-refractivity contribution in [3.63, 3.8) is 0 Å². The third-order valence-electron chi connectivity index (χ3n) is 15.0. The van der Waals surface area contributed by atoms with Crippen LogP contribution >= 0.6 is 11.3 Å². The van der Waals surface area contributed by atoms with E-state index >= 15 is 0 Å². The minimum atomic E-state index is -0.424. The van der Waals surface area contributed by atoms with E-state index in [1.807, 2.05) is 0 Å². The summed E-state index contributed by atoms with van der Waals surface area (Å²) >= 11 is 2.08. The second-order valence-electron chi connectivity index (χ2n) is 19.1. The van der Waals surface area contributed by atoms with Gasteiger partial charge in [-0.25, -0.2) is 0 Å². The van der Waals surface area contributed by atoms with Gasteiger partial charge in [-0.1, -0.05) is 213 Å². The van der Waals surface area contributed by atoms with Crippen molar-refractivity contribution in [3.05, 3.63) is 285 Å². The molecule has 1 aromatic heterocycles. The Morgan fingerprint density at radius 3 is 1.91 bits per heavy atom. The Morgan fingerprint density at radius 2 is 1.20 bits per heavy atom. The number of hydrogen-bond acceptors (Lipinski definition) is 2. The molecule has 4 aliphatic rings. The summed E-state index contributed by atoms with van der Waals surface area (Å²) in [5.41, 5.74) is 23.2. The first kappa shape index (κ1) is 41.4. The second kappa shape index (κ2) is 17.1. The van der Waals surface area contributed by atoms with Gasteiger partial charge in [0.05, 0.1) is 5.41 Å². The Kier molecular flexibility index (Phi) is 10.2. The SMILES string of the molecule is CC1C=Cc2c(sc3c2-c2c(C(/C=C/c4ccc(-c5ccccc5)cc4)c4ccccc4)cccc2C32C3=C(CCC=C3)c3cc(N(c4ccccc4)c4ccc(-c5ccccc5)cc4)ccc32)C1. The average Bonchev–Trinajstić information content (AvgIpc) is 4.03. The maximum atomic E-state index is 2.52. The van der Waals surface area contributed by atoms with Crippen LogP contribution in [0.25, 0.3) is 51.1 Å². The van der Waals surface area contributed by atoms with Crippen LogP contribution in [0.15, 0.2) is 236 Å². The van der Waals surface area contributed by atoms with Gasteiger partial charge >= 0.3 is 0 Å². The highest BCUT2D eigenvalue weighted by molar-refractivity contribution is 7.13. The largest absolute Gasteiger partial charge is 0.310 e. The van der Waals surface area contributed by atoms with Crippen molar-refractivity contribution in [2.75, 3.05) is 4.90 Å². The van der Waals surface area contributed by atoms with Crippen LogP contribution in [0, 0.1) is 5.92 Å². The molecule has 9 aromatic rings. The number of benzene rings is 8. The van der Waals surface area contributed by atoms with Gasteiger partial charge in [0.25, 0.3) is 0 Å².